The van der Waals surface area contributed by atoms with E-state index < -0.39 is 18.0 Å². The molecule has 0 radical (unpaired) electrons. The molecule has 0 spiro atoms. The number of carbonyl (C=O) groups is 2. The van der Waals surface area contributed by atoms with E-state index in [9.17, 15) is 22.4 Å². The SMILES string of the molecule is O=C(NCc1ccccc1)[C@H]1C[C@@H]2CN(c3ncc(F)cn3)C[C@H]1O2.O=C(O)C(F)(F)F. The maximum absolute atomic E-state index is 13.0. The Balaban J connectivity index is 0.000000360. The van der Waals surface area contributed by atoms with Gasteiger partial charge in [0.05, 0.1) is 30.5 Å². The summed E-state index contributed by atoms with van der Waals surface area (Å²) in [5.74, 6) is -2.91. The Kier molecular flexibility index (Phi) is 7.23. The molecule has 2 bridgehead atoms. The molecular formula is C20H20F4N4O4. The summed E-state index contributed by atoms with van der Waals surface area (Å²) in [4.78, 5) is 31.5. The molecule has 2 aliphatic rings. The van der Waals surface area contributed by atoms with Crippen molar-refractivity contribution < 1.29 is 37.0 Å². The molecule has 8 nitrogen and oxygen atoms in total. The van der Waals surface area contributed by atoms with Crippen molar-refractivity contribution in [2.45, 2.75) is 31.3 Å². The fourth-order valence-electron chi connectivity index (χ4n) is 3.48. The van der Waals surface area contributed by atoms with Crippen LogP contribution in [-0.4, -0.2) is 58.4 Å². The molecule has 1 amide bonds. The lowest BCUT2D eigenvalue weighted by Gasteiger charge is -2.32. The normalized spacial score (nSPS) is 22.0. The minimum absolute atomic E-state index is 0.0122. The number of ether oxygens (including phenoxy) is 1. The fourth-order valence-corrected chi connectivity index (χ4v) is 3.48. The number of fused-ring (bicyclic) bond motifs is 2. The molecule has 2 N–H and O–H groups in total. The van der Waals surface area contributed by atoms with Crippen LogP contribution >= 0.6 is 0 Å². The van der Waals surface area contributed by atoms with Gasteiger partial charge in [-0.25, -0.2) is 19.2 Å². The number of aromatic nitrogens is 2. The number of hydrogen-bond donors (Lipinski definition) is 2. The molecule has 3 atom stereocenters. The summed E-state index contributed by atoms with van der Waals surface area (Å²) in [5, 5.41) is 10.1. The van der Waals surface area contributed by atoms with Crippen LogP contribution in [0.5, 0.6) is 0 Å². The van der Waals surface area contributed by atoms with Crippen LogP contribution in [0.25, 0.3) is 0 Å². The van der Waals surface area contributed by atoms with Gasteiger partial charge in [-0.05, 0) is 12.0 Å². The number of nitrogens with zero attached hydrogens (tertiary/aromatic N) is 3. The summed E-state index contributed by atoms with van der Waals surface area (Å²) in [6, 6.07) is 9.82. The number of nitrogens with one attached hydrogen (secondary N) is 1. The first kappa shape index (κ1) is 23.4. The maximum Gasteiger partial charge on any atom is 0.490 e. The lowest BCUT2D eigenvalue weighted by molar-refractivity contribution is -0.192. The second-order valence-corrected chi connectivity index (χ2v) is 7.25. The van der Waals surface area contributed by atoms with E-state index in [0.717, 1.165) is 18.0 Å². The van der Waals surface area contributed by atoms with E-state index in [1.54, 1.807) is 0 Å². The van der Waals surface area contributed by atoms with E-state index in [4.69, 9.17) is 14.6 Å². The van der Waals surface area contributed by atoms with Crippen molar-refractivity contribution in [3.63, 3.8) is 0 Å². The molecule has 3 heterocycles. The number of benzene rings is 1. The number of carboxylic acids is 1. The average molecular weight is 456 g/mol. The van der Waals surface area contributed by atoms with E-state index in [1.807, 2.05) is 35.2 Å². The third kappa shape index (κ3) is 6.13. The van der Waals surface area contributed by atoms with Gasteiger partial charge in [0.1, 0.15) is 0 Å². The van der Waals surface area contributed by atoms with Crippen LogP contribution in [0.15, 0.2) is 42.7 Å². The first-order chi connectivity index (χ1) is 15.1. The van der Waals surface area contributed by atoms with Crippen molar-refractivity contribution in [2.24, 2.45) is 5.92 Å². The fraction of sp³-hybridized carbons (Fsp3) is 0.400. The van der Waals surface area contributed by atoms with Crippen LogP contribution in [0.4, 0.5) is 23.5 Å². The standard InChI is InChI=1S/C18H19FN4O2.C2HF3O2/c19-13-8-21-18(22-9-13)23-10-14-6-15(16(11-23)25-14)17(24)20-7-12-4-2-1-3-5-12;3-2(4,5)1(6)7/h1-5,8-9,14-16H,6-7,10-11H2,(H,20,24);(H,6,7)/t14-,15+,16-;/m1./s1. The Hall–Kier alpha value is -3.28. The summed E-state index contributed by atoms with van der Waals surface area (Å²) in [7, 11) is 0. The quantitative estimate of drug-likeness (QED) is 0.680. The summed E-state index contributed by atoms with van der Waals surface area (Å²) in [5.41, 5.74) is 1.07. The molecule has 2 saturated heterocycles. The number of carboxylic acid groups (broad SMARTS) is 1. The number of hydrogen-bond acceptors (Lipinski definition) is 6. The van der Waals surface area contributed by atoms with Crippen LogP contribution < -0.4 is 10.2 Å². The first-order valence-corrected chi connectivity index (χ1v) is 9.63. The second-order valence-electron chi connectivity index (χ2n) is 7.25. The molecular weight excluding hydrogens is 436 g/mol. The molecule has 1 aromatic carbocycles. The molecule has 1 aromatic heterocycles. The molecule has 0 saturated carbocycles. The molecule has 2 fully saturated rings. The second kappa shape index (κ2) is 9.90. The molecule has 172 valence electrons. The van der Waals surface area contributed by atoms with Gasteiger partial charge in [0.25, 0.3) is 0 Å². The number of rotatable bonds is 4. The van der Waals surface area contributed by atoms with Gasteiger partial charge in [-0.2, -0.15) is 13.2 Å². The molecule has 12 heteroatoms. The summed E-state index contributed by atoms with van der Waals surface area (Å²) >= 11 is 0. The van der Waals surface area contributed by atoms with E-state index >= 15 is 0 Å². The molecule has 2 aromatic rings. The number of amides is 1. The monoisotopic (exact) mass is 456 g/mol. The highest BCUT2D eigenvalue weighted by Crippen LogP contribution is 2.33. The molecule has 0 aliphatic carbocycles. The number of alkyl halides is 3. The first-order valence-electron chi connectivity index (χ1n) is 9.63. The Morgan fingerprint density at radius 2 is 1.78 bits per heavy atom. The van der Waals surface area contributed by atoms with Crippen LogP contribution in [0.1, 0.15) is 12.0 Å². The van der Waals surface area contributed by atoms with E-state index in [-0.39, 0.29) is 24.0 Å². The number of aliphatic carboxylic acids is 1. The van der Waals surface area contributed by atoms with E-state index in [2.05, 4.69) is 15.3 Å². The Labute approximate surface area is 180 Å². The zero-order valence-corrected chi connectivity index (χ0v) is 16.6. The molecule has 32 heavy (non-hydrogen) atoms. The predicted molar refractivity (Wildman–Crippen MR) is 103 cm³/mol. The largest absolute Gasteiger partial charge is 0.490 e. The van der Waals surface area contributed by atoms with Crippen LogP contribution in [0.2, 0.25) is 0 Å². The van der Waals surface area contributed by atoms with Crippen LogP contribution in [0, 0.1) is 11.7 Å². The lowest BCUT2D eigenvalue weighted by Crippen LogP contribution is -2.46. The topological polar surface area (TPSA) is 105 Å². The summed E-state index contributed by atoms with van der Waals surface area (Å²) < 4.78 is 50.7. The number of morpholine rings is 1. The van der Waals surface area contributed by atoms with Gasteiger partial charge in [-0.15, -0.1) is 0 Å². The average Bonchev–Trinajstić information content (AvgIpc) is 3.06. The highest BCUT2D eigenvalue weighted by atomic mass is 19.4. The van der Waals surface area contributed by atoms with Crippen LogP contribution in [0.3, 0.4) is 0 Å². The Bertz CT molecular complexity index is 927. The Morgan fingerprint density at radius 1 is 1.16 bits per heavy atom. The molecule has 2 aliphatic heterocycles. The highest BCUT2D eigenvalue weighted by Gasteiger charge is 2.45. The molecule has 0 unspecified atom stereocenters. The van der Waals surface area contributed by atoms with Crippen molar-refractivity contribution in [2.75, 3.05) is 18.0 Å². The number of anilines is 1. The Morgan fingerprint density at radius 3 is 2.38 bits per heavy atom. The summed E-state index contributed by atoms with van der Waals surface area (Å²) in [6.07, 6.45) is -2.31. The van der Waals surface area contributed by atoms with Gasteiger partial charge in [0.2, 0.25) is 11.9 Å². The van der Waals surface area contributed by atoms with Gasteiger partial charge in [0.15, 0.2) is 5.82 Å². The van der Waals surface area contributed by atoms with Crippen molar-refractivity contribution in [3.8, 4) is 0 Å². The molecule has 4 rings (SSSR count). The maximum atomic E-state index is 13.0. The number of carbonyl (C=O) groups excluding carboxylic acids is 1. The van der Waals surface area contributed by atoms with Crippen molar-refractivity contribution in [3.05, 3.63) is 54.1 Å². The van der Waals surface area contributed by atoms with Gasteiger partial charge in [-0.1, -0.05) is 30.3 Å². The van der Waals surface area contributed by atoms with Crippen molar-refractivity contribution in [1.29, 1.82) is 0 Å². The minimum Gasteiger partial charge on any atom is -0.475 e. The summed E-state index contributed by atoms with van der Waals surface area (Å²) in [6.45, 7) is 1.66. The smallest absolute Gasteiger partial charge is 0.475 e. The van der Waals surface area contributed by atoms with Gasteiger partial charge < -0.3 is 20.1 Å². The van der Waals surface area contributed by atoms with Gasteiger partial charge in [-0.3, -0.25) is 4.79 Å². The zero-order valence-electron chi connectivity index (χ0n) is 16.6. The van der Waals surface area contributed by atoms with Gasteiger partial charge >= 0.3 is 12.1 Å². The minimum atomic E-state index is -5.08. The van der Waals surface area contributed by atoms with Crippen molar-refractivity contribution in [1.82, 2.24) is 15.3 Å². The third-order valence-electron chi connectivity index (χ3n) is 4.94. The van der Waals surface area contributed by atoms with E-state index in [0.29, 0.717) is 32.0 Å². The van der Waals surface area contributed by atoms with Crippen LogP contribution in [-0.2, 0) is 20.9 Å². The van der Waals surface area contributed by atoms with Gasteiger partial charge in [0, 0.05) is 19.6 Å². The highest BCUT2D eigenvalue weighted by molar-refractivity contribution is 5.80. The lowest BCUT2D eigenvalue weighted by atomic mass is 9.99. The van der Waals surface area contributed by atoms with Crippen molar-refractivity contribution >= 4 is 17.8 Å². The van der Waals surface area contributed by atoms with E-state index in [1.165, 1.54) is 0 Å². The zero-order chi connectivity index (χ0) is 23.3. The number of halogens is 4. The predicted octanol–water partition coefficient (Wildman–Crippen LogP) is 2.16. The third-order valence-corrected chi connectivity index (χ3v) is 4.94.